The summed E-state index contributed by atoms with van der Waals surface area (Å²) in [6.45, 7) is 6.45. The number of hydrogen-bond acceptors (Lipinski definition) is 3. The van der Waals surface area contributed by atoms with Crippen molar-refractivity contribution in [2.75, 3.05) is 20.1 Å². The van der Waals surface area contributed by atoms with Crippen molar-refractivity contribution < 1.29 is 4.79 Å². The van der Waals surface area contributed by atoms with Crippen LogP contribution in [0, 0.1) is 6.92 Å². The van der Waals surface area contributed by atoms with E-state index in [1.807, 2.05) is 35.4 Å². The van der Waals surface area contributed by atoms with Crippen LogP contribution in [0.2, 0.25) is 0 Å². The molecule has 1 aliphatic rings. The van der Waals surface area contributed by atoms with Gasteiger partial charge in [0, 0.05) is 31.1 Å². The second-order valence-electron chi connectivity index (χ2n) is 6.37. The zero-order valence-corrected chi connectivity index (χ0v) is 14.9. The average Bonchev–Trinajstić information content (AvgIpc) is 3.01. The van der Waals surface area contributed by atoms with E-state index in [-0.39, 0.29) is 5.91 Å². The van der Waals surface area contributed by atoms with Crippen molar-refractivity contribution in [1.82, 2.24) is 9.80 Å². The van der Waals surface area contributed by atoms with Crippen molar-refractivity contribution >= 4 is 17.2 Å². The molecule has 0 radical (unpaired) electrons. The van der Waals surface area contributed by atoms with E-state index in [1.165, 1.54) is 21.6 Å². The third-order valence-corrected chi connectivity index (χ3v) is 5.83. The maximum Gasteiger partial charge on any atom is 0.236 e. The Morgan fingerprint density at radius 3 is 2.91 bits per heavy atom. The Labute approximate surface area is 142 Å². The van der Waals surface area contributed by atoms with E-state index in [2.05, 4.69) is 42.3 Å². The number of nitrogens with zero attached hydrogens (tertiary/aromatic N) is 2. The van der Waals surface area contributed by atoms with E-state index in [4.69, 9.17) is 0 Å². The molecule has 4 heteroatoms. The Balaban J connectivity index is 1.62. The molecule has 1 amide bonds. The summed E-state index contributed by atoms with van der Waals surface area (Å²) in [5, 5.41) is 2.16. The van der Waals surface area contributed by atoms with Crippen molar-refractivity contribution in [3.05, 3.63) is 57.3 Å². The van der Waals surface area contributed by atoms with Gasteiger partial charge in [-0.2, -0.15) is 0 Å². The largest absolute Gasteiger partial charge is 0.340 e. The first-order chi connectivity index (χ1) is 11.1. The number of likely N-dealkylation sites (N-methyl/N-ethyl adjacent to an activating group) is 1. The lowest BCUT2D eigenvalue weighted by atomic mass is 10.0. The highest BCUT2D eigenvalue weighted by atomic mass is 32.1. The van der Waals surface area contributed by atoms with Crippen LogP contribution in [0.25, 0.3) is 0 Å². The van der Waals surface area contributed by atoms with Gasteiger partial charge in [-0.3, -0.25) is 9.69 Å². The van der Waals surface area contributed by atoms with E-state index < -0.39 is 0 Å². The van der Waals surface area contributed by atoms with E-state index in [1.54, 1.807) is 0 Å². The monoisotopic (exact) mass is 328 g/mol. The van der Waals surface area contributed by atoms with Crippen LogP contribution in [0.5, 0.6) is 0 Å². The Hall–Kier alpha value is -1.65. The Kier molecular flexibility index (Phi) is 4.83. The maximum atomic E-state index is 12.6. The molecule has 1 aliphatic heterocycles. The molecule has 3 nitrogen and oxygen atoms in total. The predicted molar refractivity (Wildman–Crippen MR) is 95.7 cm³/mol. The molecule has 1 aromatic heterocycles. The SMILES string of the molecule is Cc1ccccc1CN(C)C(=O)CN1CCc2sccc2[C@H]1C. The van der Waals surface area contributed by atoms with Gasteiger partial charge in [-0.05, 0) is 48.4 Å². The van der Waals surface area contributed by atoms with E-state index in [0.717, 1.165) is 13.0 Å². The molecule has 0 aliphatic carbocycles. The summed E-state index contributed by atoms with van der Waals surface area (Å²) >= 11 is 1.84. The number of carbonyl (C=O) groups excluding carboxylic acids is 1. The molecule has 0 bridgehead atoms. The van der Waals surface area contributed by atoms with Gasteiger partial charge in [0.2, 0.25) is 5.91 Å². The number of benzene rings is 1. The maximum absolute atomic E-state index is 12.6. The van der Waals surface area contributed by atoms with Gasteiger partial charge < -0.3 is 4.90 Å². The van der Waals surface area contributed by atoms with Gasteiger partial charge in [-0.25, -0.2) is 0 Å². The molecule has 0 saturated carbocycles. The number of rotatable bonds is 4. The van der Waals surface area contributed by atoms with Crippen LogP contribution in [0.3, 0.4) is 0 Å². The molecule has 2 aromatic rings. The smallest absolute Gasteiger partial charge is 0.236 e. The molecule has 1 aromatic carbocycles. The summed E-state index contributed by atoms with van der Waals surface area (Å²) in [4.78, 5) is 18.2. The van der Waals surface area contributed by atoms with Crippen LogP contribution >= 0.6 is 11.3 Å². The zero-order valence-electron chi connectivity index (χ0n) is 14.1. The number of hydrogen-bond donors (Lipinski definition) is 0. The van der Waals surface area contributed by atoms with Gasteiger partial charge in [0.05, 0.1) is 6.54 Å². The molecule has 1 atom stereocenters. The molecule has 2 heterocycles. The molecule has 23 heavy (non-hydrogen) atoms. The third-order valence-electron chi connectivity index (χ3n) is 4.84. The van der Waals surface area contributed by atoms with E-state index in [0.29, 0.717) is 19.1 Å². The summed E-state index contributed by atoms with van der Waals surface area (Å²) in [7, 11) is 1.90. The number of thiophene rings is 1. The van der Waals surface area contributed by atoms with Crippen molar-refractivity contribution in [2.45, 2.75) is 32.9 Å². The van der Waals surface area contributed by atoms with E-state index >= 15 is 0 Å². The summed E-state index contributed by atoms with van der Waals surface area (Å²) in [5.41, 5.74) is 3.85. The molecule has 0 saturated heterocycles. The van der Waals surface area contributed by atoms with Gasteiger partial charge in [0.25, 0.3) is 0 Å². The van der Waals surface area contributed by atoms with Crippen molar-refractivity contribution in [3.63, 3.8) is 0 Å². The summed E-state index contributed by atoms with van der Waals surface area (Å²) < 4.78 is 0. The normalized spacial score (nSPS) is 17.8. The fourth-order valence-corrected chi connectivity index (χ4v) is 4.17. The summed E-state index contributed by atoms with van der Waals surface area (Å²) in [6.07, 6.45) is 1.06. The Morgan fingerprint density at radius 1 is 1.35 bits per heavy atom. The van der Waals surface area contributed by atoms with Crippen LogP contribution in [-0.2, 0) is 17.8 Å². The van der Waals surface area contributed by atoms with Gasteiger partial charge in [0.1, 0.15) is 0 Å². The highest BCUT2D eigenvalue weighted by molar-refractivity contribution is 7.10. The van der Waals surface area contributed by atoms with E-state index in [9.17, 15) is 4.79 Å². The fraction of sp³-hybridized carbons (Fsp3) is 0.421. The van der Waals surface area contributed by atoms with Crippen LogP contribution in [0.1, 0.15) is 34.5 Å². The third kappa shape index (κ3) is 3.48. The highest BCUT2D eigenvalue weighted by Crippen LogP contribution is 2.32. The van der Waals surface area contributed by atoms with Gasteiger partial charge in [-0.15, -0.1) is 11.3 Å². The lowest BCUT2D eigenvalue weighted by Crippen LogP contribution is -2.42. The second-order valence-corrected chi connectivity index (χ2v) is 7.37. The number of amides is 1. The minimum atomic E-state index is 0.193. The van der Waals surface area contributed by atoms with Gasteiger partial charge in [0.15, 0.2) is 0 Å². The molecular formula is C19H24N2OS. The quantitative estimate of drug-likeness (QED) is 0.855. The molecule has 0 N–H and O–H groups in total. The number of carbonyl (C=O) groups is 1. The van der Waals surface area contributed by atoms with Crippen LogP contribution < -0.4 is 0 Å². The first kappa shape index (κ1) is 16.2. The standard InChI is InChI=1S/C19H24N2OS/c1-14-6-4-5-7-16(14)12-20(3)19(22)13-21-10-8-18-17(15(21)2)9-11-23-18/h4-7,9,11,15H,8,10,12-13H2,1-3H3/t15-/m1/s1. The first-order valence-corrected chi connectivity index (χ1v) is 9.03. The predicted octanol–water partition coefficient (Wildman–Crippen LogP) is 3.63. The van der Waals surface area contributed by atoms with Crippen LogP contribution in [0.4, 0.5) is 0 Å². The van der Waals surface area contributed by atoms with Gasteiger partial charge >= 0.3 is 0 Å². The van der Waals surface area contributed by atoms with Crippen LogP contribution in [0.15, 0.2) is 35.7 Å². The molecule has 3 rings (SSSR count). The summed E-state index contributed by atoms with van der Waals surface area (Å²) in [6, 6.07) is 10.8. The average molecular weight is 328 g/mol. The first-order valence-electron chi connectivity index (χ1n) is 8.15. The number of aryl methyl sites for hydroxylation is 1. The fourth-order valence-electron chi connectivity index (χ4n) is 3.20. The lowest BCUT2D eigenvalue weighted by molar-refractivity contribution is -0.132. The highest BCUT2D eigenvalue weighted by Gasteiger charge is 2.27. The molecule has 0 unspecified atom stereocenters. The topological polar surface area (TPSA) is 23.6 Å². The molecule has 122 valence electrons. The van der Waals surface area contributed by atoms with Crippen LogP contribution in [-0.4, -0.2) is 35.8 Å². The van der Waals surface area contributed by atoms with Gasteiger partial charge in [-0.1, -0.05) is 24.3 Å². The minimum Gasteiger partial charge on any atom is -0.340 e. The van der Waals surface area contributed by atoms with Crippen molar-refractivity contribution in [3.8, 4) is 0 Å². The lowest BCUT2D eigenvalue weighted by Gasteiger charge is -2.34. The minimum absolute atomic E-state index is 0.193. The molecule has 0 spiro atoms. The molecular weight excluding hydrogens is 304 g/mol. The Bertz CT molecular complexity index is 694. The second kappa shape index (κ2) is 6.85. The zero-order chi connectivity index (χ0) is 16.4. The van der Waals surface area contributed by atoms with Crippen molar-refractivity contribution in [2.24, 2.45) is 0 Å². The van der Waals surface area contributed by atoms with Crippen molar-refractivity contribution in [1.29, 1.82) is 0 Å². The Morgan fingerprint density at radius 2 is 2.13 bits per heavy atom. The summed E-state index contributed by atoms with van der Waals surface area (Å²) in [5.74, 6) is 0.193. The number of fused-ring (bicyclic) bond motifs is 1. The molecule has 0 fully saturated rings.